The summed E-state index contributed by atoms with van der Waals surface area (Å²) in [5.74, 6) is 0. The summed E-state index contributed by atoms with van der Waals surface area (Å²) in [6, 6.07) is 0. The molecule has 0 aliphatic carbocycles. The van der Waals surface area contributed by atoms with Crippen LogP contribution in [0, 0.1) is 6.92 Å². The van der Waals surface area contributed by atoms with Gasteiger partial charge in [-0.15, -0.1) is 0 Å². The highest BCUT2D eigenvalue weighted by Crippen LogP contribution is 2.25. The first-order chi connectivity index (χ1) is 7.11. The Bertz CT molecular complexity index is 480. The van der Waals surface area contributed by atoms with Gasteiger partial charge in [0.2, 0.25) is 0 Å². The molecule has 5 nitrogen and oxygen atoms in total. The Hall–Kier alpha value is -1.78. The van der Waals surface area contributed by atoms with Crippen LogP contribution in [0.15, 0.2) is 12.4 Å². The van der Waals surface area contributed by atoms with Gasteiger partial charge in [-0.1, -0.05) is 0 Å². The standard InChI is InChI=1S/C10H15N5/c1-4-15-5-8(7(2)12-15)10-9(11)6-14(3)13-10/h5-6H,4,11H2,1-3H3. The molecule has 0 unspecified atom stereocenters. The summed E-state index contributed by atoms with van der Waals surface area (Å²) in [7, 11) is 1.86. The topological polar surface area (TPSA) is 61.7 Å². The van der Waals surface area contributed by atoms with Gasteiger partial charge in [-0.05, 0) is 13.8 Å². The summed E-state index contributed by atoms with van der Waals surface area (Å²) in [4.78, 5) is 0. The van der Waals surface area contributed by atoms with Crippen molar-refractivity contribution in [3.05, 3.63) is 18.1 Å². The first-order valence-electron chi connectivity index (χ1n) is 4.95. The van der Waals surface area contributed by atoms with E-state index in [4.69, 9.17) is 5.73 Å². The van der Waals surface area contributed by atoms with Gasteiger partial charge in [-0.2, -0.15) is 10.2 Å². The Morgan fingerprint density at radius 1 is 1.33 bits per heavy atom. The third-order valence-electron chi connectivity index (χ3n) is 2.38. The highest BCUT2D eigenvalue weighted by atomic mass is 15.3. The molecule has 0 radical (unpaired) electrons. The van der Waals surface area contributed by atoms with E-state index in [1.165, 1.54) is 0 Å². The summed E-state index contributed by atoms with van der Waals surface area (Å²) in [6.07, 6.45) is 3.78. The van der Waals surface area contributed by atoms with E-state index in [-0.39, 0.29) is 0 Å². The van der Waals surface area contributed by atoms with E-state index < -0.39 is 0 Å². The van der Waals surface area contributed by atoms with Crippen molar-refractivity contribution in [2.75, 3.05) is 5.73 Å². The zero-order chi connectivity index (χ0) is 11.0. The maximum atomic E-state index is 5.87. The SMILES string of the molecule is CCn1cc(-c2nn(C)cc2N)c(C)n1. The van der Waals surface area contributed by atoms with Gasteiger partial charge in [0.1, 0.15) is 5.69 Å². The molecule has 2 aromatic rings. The molecule has 80 valence electrons. The van der Waals surface area contributed by atoms with Crippen molar-refractivity contribution in [1.82, 2.24) is 19.6 Å². The number of nitrogen functional groups attached to an aromatic ring is 1. The lowest BCUT2D eigenvalue weighted by molar-refractivity contribution is 0.653. The predicted octanol–water partition coefficient (Wildman–Crippen LogP) is 1.19. The van der Waals surface area contributed by atoms with E-state index in [0.717, 1.165) is 23.5 Å². The Kier molecular flexibility index (Phi) is 2.22. The summed E-state index contributed by atoms with van der Waals surface area (Å²) < 4.78 is 3.60. The first kappa shape index (κ1) is 9.76. The lowest BCUT2D eigenvalue weighted by atomic mass is 10.2. The van der Waals surface area contributed by atoms with Gasteiger partial charge in [-0.25, -0.2) is 0 Å². The van der Waals surface area contributed by atoms with Gasteiger partial charge in [0.15, 0.2) is 0 Å². The van der Waals surface area contributed by atoms with Gasteiger partial charge in [0.25, 0.3) is 0 Å². The molecule has 0 saturated heterocycles. The fourth-order valence-corrected chi connectivity index (χ4v) is 1.63. The number of anilines is 1. The van der Waals surface area contributed by atoms with E-state index in [2.05, 4.69) is 17.1 Å². The fraction of sp³-hybridized carbons (Fsp3) is 0.400. The Morgan fingerprint density at radius 3 is 2.53 bits per heavy atom. The van der Waals surface area contributed by atoms with Crippen LogP contribution in [0.2, 0.25) is 0 Å². The van der Waals surface area contributed by atoms with E-state index in [0.29, 0.717) is 5.69 Å². The number of hydrogen-bond acceptors (Lipinski definition) is 3. The molecule has 0 atom stereocenters. The molecule has 0 bridgehead atoms. The largest absolute Gasteiger partial charge is 0.396 e. The Labute approximate surface area is 88.5 Å². The van der Waals surface area contributed by atoms with Gasteiger partial charge in [0, 0.05) is 31.5 Å². The lowest BCUT2D eigenvalue weighted by Gasteiger charge is -1.93. The number of rotatable bonds is 2. The molecule has 5 heteroatoms. The Balaban J connectivity index is 2.53. The predicted molar refractivity (Wildman–Crippen MR) is 59.3 cm³/mol. The van der Waals surface area contributed by atoms with Crippen LogP contribution in [0.1, 0.15) is 12.6 Å². The van der Waals surface area contributed by atoms with Gasteiger partial charge in [-0.3, -0.25) is 9.36 Å². The first-order valence-corrected chi connectivity index (χ1v) is 4.95. The normalized spacial score (nSPS) is 10.9. The number of hydrogen-bond donors (Lipinski definition) is 1. The monoisotopic (exact) mass is 205 g/mol. The van der Waals surface area contributed by atoms with Crippen LogP contribution in [0.4, 0.5) is 5.69 Å². The smallest absolute Gasteiger partial charge is 0.119 e. The van der Waals surface area contributed by atoms with Crippen LogP contribution in [-0.4, -0.2) is 19.6 Å². The average molecular weight is 205 g/mol. The summed E-state index contributed by atoms with van der Waals surface area (Å²) in [5, 5.41) is 8.69. The molecule has 15 heavy (non-hydrogen) atoms. The second kappa shape index (κ2) is 3.42. The molecular formula is C10H15N5. The Morgan fingerprint density at radius 2 is 2.07 bits per heavy atom. The van der Waals surface area contributed by atoms with E-state index in [9.17, 15) is 0 Å². The lowest BCUT2D eigenvalue weighted by Crippen LogP contribution is -1.93. The zero-order valence-electron chi connectivity index (χ0n) is 9.23. The number of aryl methyl sites for hydroxylation is 3. The average Bonchev–Trinajstić information content (AvgIpc) is 2.69. The number of aromatic nitrogens is 4. The van der Waals surface area contributed by atoms with Crippen LogP contribution in [-0.2, 0) is 13.6 Å². The van der Waals surface area contributed by atoms with Crippen LogP contribution in [0.5, 0.6) is 0 Å². The van der Waals surface area contributed by atoms with Crippen LogP contribution >= 0.6 is 0 Å². The maximum Gasteiger partial charge on any atom is 0.119 e. The minimum Gasteiger partial charge on any atom is -0.396 e. The molecule has 0 aliphatic rings. The summed E-state index contributed by atoms with van der Waals surface area (Å²) in [5.41, 5.74) is 9.35. The summed E-state index contributed by atoms with van der Waals surface area (Å²) >= 11 is 0. The van der Waals surface area contributed by atoms with Crippen molar-refractivity contribution < 1.29 is 0 Å². The molecule has 0 amide bonds. The van der Waals surface area contributed by atoms with Crippen molar-refractivity contribution in [3.63, 3.8) is 0 Å². The quantitative estimate of drug-likeness (QED) is 0.801. The van der Waals surface area contributed by atoms with Crippen molar-refractivity contribution in [2.24, 2.45) is 7.05 Å². The molecule has 0 aromatic carbocycles. The van der Waals surface area contributed by atoms with Crippen LogP contribution in [0.3, 0.4) is 0 Å². The third-order valence-corrected chi connectivity index (χ3v) is 2.38. The molecule has 0 aliphatic heterocycles. The van der Waals surface area contributed by atoms with Crippen molar-refractivity contribution in [1.29, 1.82) is 0 Å². The molecule has 0 fully saturated rings. The molecular weight excluding hydrogens is 190 g/mol. The van der Waals surface area contributed by atoms with E-state index in [1.54, 1.807) is 10.9 Å². The molecule has 2 aromatic heterocycles. The molecule has 0 saturated carbocycles. The second-order valence-electron chi connectivity index (χ2n) is 3.59. The molecule has 0 spiro atoms. The van der Waals surface area contributed by atoms with Gasteiger partial charge in [0.05, 0.1) is 11.4 Å². The fourth-order valence-electron chi connectivity index (χ4n) is 1.63. The maximum absolute atomic E-state index is 5.87. The number of nitrogens with two attached hydrogens (primary N) is 1. The highest BCUT2D eigenvalue weighted by molar-refractivity contribution is 5.73. The molecule has 2 rings (SSSR count). The summed E-state index contributed by atoms with van der Waals surface area (Å²) in [6.45, 7) is 4.88. The van der Waals surface area contributed by atoms with E-state index in [1.807, 2.05) is 24.9 Å². The second-order valence-corrected chi connectivity index (χ2v) is 3.59. The van der Waals surface area contributed by atoms with Crippen molar-refractivity contribution >= 4 is 5.69 Å². The van der Waals surface area contributed by atoms with Crippen molar-refractivity contribution in [2.45, 2.75) is 20.4 Å². The molecule has 2 N–H and O–H groups in total. The van der Waals surface area contributed by atoms with Crippen LogP contribution < -0.4 is 5.73 Å². The zero-order valence-corrected chi connectivity index (χ0v) is 9.23. The number of nitrogens with zero attached hydrogens (tertiary/aromatic N) is 4. The molecule has 2 heterocycles. The van der Waals surface area contributed by atoms with E-state index >= 15 is 0 Å². The van der Waals surface area contributed by atoms with Crippen molar-refractivity contribution in [3.8, 4) is 11.3 Å². The van der Waals surface area contributed by atoms with Crippen LogP contribution in [0.25, 0.3) is 11.3 Å². The minimum absolute atomic E-state index is 0.691. The highest BCUT2D eigenvalue weighted by Gasteiger charge is 2.12. The third kappa shape index (κ3) is 1.60. The van der Waals surface area contributed by atoms with Gasteiger partial charge < -0.3 is 5.73 Å². The van der Waals surface area contributed by atoms with Gasteiger partial charge >= 0.3 is 0 Å². The minimum atomic E-state index is 0.691.